The molecule has 0 amide bonds. The van der Waals surface area contributed by atoms with Crippen LogP contribution < -0.4 is 11.1 Å². The second-order valence-corrected chi connectivity index (χ2v) is 6.95. The van der Waals surface area contributed by atoms with Crippen molar-refractivity contribution in [2.24, 2.45) is 11.7 Å². The van der Waals surface area contributed by atoms with Crippen molar-refractivity contribution in [1.29, 1.82) is 0 Å². The number of thiocarbonyl (C=S) groups is 1. The predicted octanol–water partition coefficient (Wildman–Crippen LogP) is -0.0426. The van der Waals surface area contributed by atoms with Gasteiger partial charge in [0, 0.05) is 12.7 Å². The number of sulfone groups is 1. The minimum absolute atomic E-state index is 0.118. The van der Waals surface area contributed by atoms with Crippen LogP contribution in [-0.2, 0) is 9.84 Å². The number of hydrogen-bond acceptors (Lipinski definition) is 6. The van der Waals surface area contributed by atoms with E-state index in [1.54, 1.807) is 12.3 Å². The van der Waals surface area contributed by atoms with Crippen LogP contribution in [0.15, 0.2) is 12.3 Å². The summed E-state index contributed by atoms with van der Waals surface area (Å²) in [5, 5.41) is 3.02. The van der Waals surface area contributed by atoms with Gasteiger partial charge in [0.2, 0.25) is 5.95 Å². The summed E-state index contributed by atoms with van der Waals surface area (Å²) in [7, 11) is -2.84. The molecule has 0 aliphatic carbocycles. The Hall–Kier alpha value is -1.28. The third-order valence-corrected chi connectivity index (χ3v) is 4.83. The zero-order chi connectivity index (χ0) is 13.2. The first kappa shape index (κ1) is 13.2. The third kappa shape index (κ3) is 3.36. The molecule has 1 fully saturated rings. The first-order chi connectivity index (χ1) is 8.46. The summed E-state index contributed by atoms with van der Waals surface area (Å²) >= 11 is 4.82. The van der Waals surface area contributed by atoms with Crippen molar-refractivity contribution in [2.45, 2.75) is 6.42 Å². The van der Waals surface area contributed by atoms with E-state index in [0.29, 0.717) is 24.6 Å². The van der Waals surface area contributed by atoms with Crippen molar-refractivity contribution in [1.82, 2.24) is 9.97 Å². The topological polar surface area (TPSA) is 98.0 Å². The Labute approximate surface area is 111 Å². The molecule has 0 bridgehead atoms. The van der Waals surface area contributed by atoms with Gasteiger partial charge in [-0.15, -0.1) is 0 Å². The number of nitrogens with one attached hydrogen (secondary N) is 1. The van der Waals surface area contributed by atoms with Crippen LogP contribution in [-0.4, -0.2) is 41.4 Å². The van der Waals surface area contributed by atoms with Gasteiger partial charge in [-0.1, -0.05) is 12.2 Å². The number of hydrogen-bond donors (Lipinski definition) is 2. The summed E-state index contributed by atoms with van der Waals surface area (Å²) in [6.45, 7) is 0.542. The molecular formula is C10H14N4O2S2. The van der Waals surface area contributed by atoms with Gasteiger partial charge in [-0.05, 0) is 18.4 Å². The number of rotatable bonds is 4. The normalized spacial score (nSPS) is 21.7. The molecule has 0 radical (unpaired) electrons. The van der Waals surface area contributed by atoms with E-state index in [2.05, 4.69) is 15.3 Å². The molecule has 0 saturated carbocycles. The molecule has 0 aromatic carbocycles. The zero-order valence-electron chi connectivity index (χ0n) is 9.67. The molecule has 1 atom stereocenters. The molecule has 1 unspecified atom stereocenters. The van der Waals surface area contributed by atoms with Gasteiger partial charge in [0.15, 0.2) is 9.84 Å². The molecule has 1 aliphatic heterocycles. The van der Waals surface area contributed by atoms with Crippen LogP contribution in [0.5, 0.6) is 0 Å². The summed E-state index contributed by atoms with van der Waals surface area (Å²) in [5.74, 6) is 1.04. The molecular weight excluding hydrogens is 272 g/mol. The standard InChI is InChI=1S/C10H14N4O2S2/c11-9(17)8-1-3-12-10(14-8)13-5-7-2-4-18(15,16)6-7/h1,3,7H,2,4-6H2,(H2,11,17)(H,12,13,14). The molecule has 1 aromatic heterocycles. The zero-order valence-corrected chi connectivity index (χ0v) is 11.3. The molecule has 8 heteroatoms. The highest BCUT2D eigenvalue weighted by Gasteiger charge is 2.27. The molecule has 6 nitrogen and oxygen atoms in total. The van der Waals surface area contributed by atoms with Crippen molar-refractivity contribution in [3.8, 4) is 0 Å². The Balaban J connectivity index is 1.95. The van der Waals surface area contributed by atoms with E-state index in [4.69, 9.17) is 18.0 Å². The average molecular weight is 286 g/mol. The Kier molecular flexibility index (Phi) is 3.76. The van der Waals surface area contributed by atoms with Crippen molar-refractivity contribution in [3.05, 3.63) is 18.0 Å². The highest BCUT2D eigenvalue weighted by molar-refractivity contribution is 7.91. The Morgan fingerprint density at radius 2 is 2.39 bits per heavy atom. The quantitative estimate of drug-likeness (QED) is 0.749. The Morgan fingerprint density at radius 1 is 1.61 bits per heavy atom. The monoisotopic (exact) mass is 286 g/mol. The van der Waals surface area contributed by atoms with Crippen LogP contribution in [0.1, 0.15) is 12.1 Å². The summed E-state index contributed by atoms with van der Waals surface area (Å²) < 4.78 is 22.6. The Morgan fingerprint density at radius 3 is 3.00 bits per heavy atom. The lowest BCUT2D eigenvalue weighted by atomic mass is 10.1. The molecule has 98 valence electrons. The Bertz CT molecular complexity index is 559. The fourth-order valence-electron chi connectivity index (χ4n) is 1.85. The maximum absolute atomic E-state index is 11.3. The van der Waals surface area contributed by atoms with Crippen LogP contribution in [0.3, 0.4) is 0 Å². The minimum Gasteiger partial charge on any atom is -0.388 e. The first-order valence-electron chi connectivity index (χ1n) is 5.53. The summed E-state index contributed by atoms with van der Waals surface area (Å²) in [6.07, 6.45) is 2.25. The van der Waals surface area contributed by atoms with Gasteiger partial charge in [-0.25, -0.2) is 18.4 Å². The lowest BCUT2D eigenvalue weighted by Gasteiger charge is -2.09. The van der Waals surface area contributed by atoms with E-state index in [-0.39, 0.29) is 22.4 Å². The van der Waals surface area contributed by atoms with Gasteiger partial charge in [0.1, 0.15) is 10.7 Å². The minimum atomic E-state index is -2.84. The number of nitrogens with two attached hydrogens (primary N) is 1. The second-order valence-electron chi connectivity index (χ2n) is 4.28. The summed E-state index contributed by atoms with van der Waals surface area (Å²) in [5.41, 5.74) is 5.97. The lowest BCUT2D eigenvalue weighted by Crippen LogP contribution is -2.18. The van der Waals surface area contributed by atoms with Gasteiger partial charge in [0.05, 0.1) is 11.5 Å². The van der Waals surface area contributed by atoms with E-state index in [1.165, 1.54) is 0 Å². The second kappa shape index (κ2) is 5.15. The SMILES string of the molecule is NC(=S)c1ccnc(NCC2CCS(=O)(=O)C2)n1. The molecule has 1 saturated heterocycles. The maximum Gasteiger partial charge on any atom is 0.223 e. The first-order valence-corrected chi connectivity index (χ1v) is 7.76. The van der Waals surface area contributed by atoms with Crippen LogP contribution in [0.4, 0.5) is 5.95 Å². The molecule has 1 aromatic rings. The highest BCUT2D eigenvalue weighted by atomic mass is 32.2. The largest absolute Gasteiger partial charge is 0.388 e. The number of anilines is 1. The average Bonchev–Trinajstić information content (AvgIpc) is 2.67. The van der Waals surface area contributed by atoms with Gasteiger partial charge < -0.3 is 11.1 Å². The maximum atomic E-state index is 11.3. The van der Waals surface area contributed by atoms with Crippen molar-refractivity contribution >= 4 is 33.0 Å². The van der Waals surface area contributed by atoms with E-state index >= 15 is 0 Å². The highest BCUT2D eigenvalue weighted by Crippen LogP contribution is 2.18. The van der Waals surface area contributed by atoms with Crippen LogP contribution >= 0.6 is 12.2 Å². The summed E-state index contributed by atoms with van der Waals surface area (Å²) in [6, 6.07) is 1.63. The van der Waals surface area contributed by atoms with Crippen molar-refractivity contribution < 1.29 is 8.42 Å². The van der Waals surface area contributed by atoms with Crippen LogP contribution in [0, 0.1) is 5.92 Å². The van der Waals surface area contributed by atoms with Gasteiger partial charge >= 0.3 is 0 Å². The van der Waals surface area contributed by atoms with Gasteiger partial charge in [-0.3, -0.25) is 0 Å². The fraction of sp³-hybridized carbons (Fsp3) is 0.500. The van der Waals surface area contributed by atoms with Crippen LogP contribution in [0.2, 0.25) is 0 Å². The molecule has 2 heterocycles. The predicted molar refractivity (Wildman–Crippen MR) is 73.2 cm³/mol. The van der Waals surface area contributed by atoms with E-state index in [9.17, 15) is 8.42 Å². The van der Waals surface area contributed by atoms with Crippen molar-refractivity contribution in [2.75, 3.05) is 23.4 Å². The molecule has 0 spiro atoms. The van der Waals surface area contributed by atoms with Crippen molar-refractivity contribution in [3.63, 3.8) is 0 Å². The molecule has 3 N–H and O–H groups in total. The van der Waals surface area contributed by atoms with E-state index in [1.807, 2.05) is 0 Å². The molecule has 2 rings (SSSR count). The number of nitrogens with zero attached hydrogens (tertiary/aromatic N) is 2. The molecule has 1 aliphatic rings. The van der Waals surface area contributed by atoms with E-state index in [0.717, 1.165) is 0 Å². The third-order valence-electron chi connectivity index (χ3n) is 2.78. The number of aromatic nitrogens is 2. The van der Waals surface area contributed by atoms with Crippen LogP contribution in [0.25, 0.3) is 0 Å². The van der Waals surface area contributed by atoms with E-state index < -0.39 is 9.84 Å². The lowest BCUT2D eigenvalue weighted by molar-refractivity contribution is 0.595. The van der Waals surface area contributed by atoms with Gasteiger partial charge in [-0.2, -0.15) is 0 Å². The molecule has 18 heavy (non-hydrogen) atoms. The van der Waals surface area contributed by atoms with Gasteiger partial charge in [0.25, 0.3) is 0 Å². The fourth-order valence-corrected chi connectivity index (χ4v) is 3.83. The smallest absolute Gasteiger partial charge is 0.223 e. The summed E-state index contributed by atoms with van der Waals surface area (Å²) in [4.78, 5) is 8.38.